The molecule has 0 aromatic carbocycles. The largest absolute Gasteiger partial charge is 0.381 e. The van der Waals surface area contributed by atoms with Gasteiger partial charge in [0.25, 0.3) is 0 Å². The summed E-state index contributed by atoms with van der Waals surface area (Å²) in [6.07, 6.45) is 1.85. The lowest BCUT2D eigenvalue weighted by molar-refractivity contribution is -0.123. The first-order chi connectivity index (χ1) is 6.25. The Morgan fingerprint density at radius 1 is 1.54 bits per heavy atom. The normalized spacial score (nSPS) is 24.2. The number of hydrazine groups is 1. The zero-order valence-corrected chi connectivity index (χ0v) is 8.51. The van der Waals surface area contributed by atoms with E-state index in [-0.39, 0.29) is 11.6 Å². The minimum absolute atomic E-state index is 0.123. The third-order valence-electron chi connectivity index (χ3n) is 2.81. The summed E-state index contributed by atoms with van der Waals surface area (Å²) in [6, 6.07) is 0.177. The highest BCUT2D eigenvalue weighted by Gasteiger charge is 2.38. The van der Waals surface area contributed by atoms with Crippen molar-refractivity contribution in [1.82, 2.24) is 5.43 Å². The molecule has 0 aromatic heterocycles. The molecule has 0 bridgehead atoms. The summed E-state index contributed by atoms with van der Waals surface area (Å²) >= 11 is 0. The van der Waals surface area contributed by atoms with E-state index in [1.807, 2.05) is 6.92 Å². The Morgan fingerprint density at radius 2 is 2.15 bits per heavy atom. The lowest BCUT2D eigenvalue weighted by Gasteiger charge is -2.41. The average Bonchev–Trinajstić information content (AvgIpc) is 2.18. The lowest BCUT2D eigenvalue weighted by atomic mass is 9.87. The van der Waals surface area contributed by atoms with Gasteiger partial charge in [0.05, 0.1) is 5.60 Å². The van der Waals surface area contributed by atoms with E-state index in [1.165, 1.54) is 0 Å². The molecule has 0 amide bonds. The van der Waals surface area contributed by atoms with Crippen molar-refractivity contribution in [2.75, 3.05) is 19.8 Å². The van der Waals surface area contributed by atoms with Crippen LogP contribution in [0.1, 0.15) is 26.7 Å². The molecule has 3 N–H and O–H groups in total. The summed E-state index contributed by atoms with van der Waals surface area (Å²) in [6.45, 7) is 6.34. The number of ether oxygens (including phenoxy) is 2. The van der Waals surface area contributed by atoms with E-state index in [9.17, 15) is 0 Å². The Hall–Kier alpha value is -0.160. The van der Waals surface area contributed by atoms with Gasteiger partial charge in [-0.15, -0.1) is 0 Å². The van der Waals surface area contributed by atoms with Gasteiger partial charge in [-0.2, -0.15) is 0 Å². The van der Waals surface area contributed by atoms with Crippen molar-refractivity contribution in [3.8, 4) is 0 Å². The van der Waals surface area contributed by atoms with E-state index >= 15 is 0 Å². The van der Waals surface area contributed by atoms with Gasteiger partial charge in [0, 0.05) is 38.7 Å². The molecule has 1 aliphatic rings. The molecule has 0 radical (unpaired) electrons. The number of rotatable bonds is 4. The molecule has 1 rings (SSSR count). The fourth-order valence-corrected chi connectivity index (χ4v) is 1.86. The van der Waals surface area contributed by atoms with E-state index < -0.39 is 0 Å². The van der Waals surface area contributed by atoms with Crippen LogP contribution < -0.4 is 11.3 Å². The van der Waals surface area contributed by atoms with Gasteiger partial charge >= 0.3 is 0 Å². The predicted octanol–water partition coefficient (Wildman–Crippen LogP) is 0.424. The smallest absolute Gasteiger partial charge is 0.0889 e. The maximum atomic E-state index is 5.80. The SMILES string of the molecule is CCOC1(C(C)NN)CCOCC1. The highest BCUT2D eigenvalue weighted by atomic mass is 16.5. The van der Waals surface area contributed by atoms with E-state index in [1.54, 1.807) is 0 Å². The minimum Gasteiger partial charge on any atom is -0.381 e. The molecular formula is C9H20N2O2. The quantitative estimate of drug-likeness (QED) is 0.496. The second-order valence-corrected chi connectivity index (χ2v) is 3.50. The van der Waals surface area contributed by atoms with Gasteiger partial charge < -0.3 is 9.47 Å². The first kappa shape index (κ1) is 10.9. The number of hydrogen-bond donors (Lipinski definition) is 2. The molecule has 1 aliphatic heterocycles. The highest BCUT2D eigenvalue weighted by Crippen LogP contribution is 2.28. The van der Waals surface area contributed by atoms with Crippen molar-refractivity contribution in [1.29, 1.82) is 0 Å². The number of nitrogens with one attached hydrogen (secondary N) is 1. The van der Waals surface area contributed by atoms with Crippen molar-refractivity contribution >= 4 is 0 Å². The molecule has 1 heterocycles. The van der Waals surface area contributed by atoms with Crippen LogP contribution in [0.3, 0.4) is 0 Å². The highest BCUT2D eigenvalue weighted by molar-refractivity contribution is 4.91. The summed E-state index contributed by atoms with van der Waals surface area (Å²) in [5.41, 5.74) is 2.66. The second-order valence-electron chi connectivity index (χ2n) is 3.50. The molecular weight excluding hydrogens is 168 g/mol. The predicted molar refractivity (Wildman–Crippen MR) is 51.2 cm³/mol. The van der Waals surface area contributed by atoms with Crippen LogP contribution in [0.15, 0.2) is 0 Å². The summed E-state index contributed by atoms with van der Waals surface area (Å²) in [5, 5.41) is 0. The summed E-state index contributed by atoms with van der Waals surface area (Å²) < 4.78 is 11.1. The topological polar surface area (TPSA) is 56.5 Å². The van der Waals surface area contributed by atoms with Crippen molar-refractivity contribution in [2.45, 2.75) is 38.3 Å². The van der Waals surface area contributed by atoms with Gasteiger partial charge in [0.2, 0.25) is 0 Å². The van der Waals surface area contributed by atoms with Crippen LogP contribution in [-0.4, -0.2) is 31.5 Å². The Labute approximate surface area is 79.7 Å². The molecule has 4 heteroatoms. The van der Waals surface area contributed by atoms with Crippen LogP contribution >= 0.6 is 0 Å². The van der Waals surface area contributed by atoms with Crippen LogP contribution in [-0.2, 0) is 9.47 Å². The second kappa shape index (κ2) is 4.91. The van der Waals surface area contributed by atoms with Crippen LogP contribution in [0.4, 0.5) is 0 Å². The molecule has 1 fully saturated rings. The monoisotopic (exact) mass is 188 g/mol. The fraction of sp³-hybridized carbons (Fsp3) is 1.00. The molecule has 78 valence electrons. The molecule has 0 aliphatic carbocycles. The standard InChI is InChI=1S/C9H20N2O2/c1-3-13-9(8(2)11-10)4-6-12-7-5-9/h8,11H,3-7,10H2,1-2H3. The first-order valence-electron chi connectivity index (χ1n) is 4.93. The van der Waals surface area contributed by atoms with Crippen molar-refractivity contribution in [3.05, 3.63) is 0 Å². The molecule has 1 saturated heterocycles. The zero-order chi connectivity index (χ0) is 9.73. The third kappa shape index (κ3) is 2.40. The number of nitrogens with two attached hydrogens (primary N) is 1. The Kier molecular flexibility index (Phi) is 4.12. The molecule has 4 nitrogen and oxygen atoms in total. The van der Waals surface area contributed by atoms with Gasteiger partial charge in [-0.1, -0.05) is 0 Å². The van der Waals surface area contributed by atoms with Crippen molar-refractivity contribution in [3.63, 3.8) is 0 Å². The molecule has 1 atom stereocenters. The molecule has 0 saturated carbocycles. The Morgan fingerprint density at radius 3 is 2.62 bits per heavy atom. The van der Waals surface area contributed by atoms with Crippen molar-refractivity contribution in [2.24, 2.45) is 5.84 Å². The zero-order valence-electron chi connectivity index (χ0n) is 8.51. The molecule has 0 spiro atoms. The number of hydrogen-bond acceptors (Lipinski definition) is 4. The van der Waals surface area contributed by atoms with E-state index in [0.29, 0.717) is 0 Å². The van der Waals surface area contributed by atoms with Gasteiger partial charge in [-0.3, -0.25) is 11.3 Å². The van der Waals surface area contributed by atoms with Gasteiger partial charge in [0.15, 0.2) is 0 Å². The van der Waals surface area contributed by atoms with E-state index in [0.717, 1.165) is 32.7 Å². The van der Waals surface area contributed by atoms with Crippen LogP contribution in [0.2, 0.25) is 0 Å². The lowest BCUT2D eigenvalue weighted by Crippen LogP contribution is -2.55. The Balaban J connectivity index is 2.60. The first-order valence-corrected chi connectivity index (χ1v) is 4.93. The maximum absolute atomic E-state index is 5.80. The van der Waals surface area contributed by atoms with Crippen LogP contribution in [0, 0.1) is 0 Å². The van der Waals surface area contributed by atoms with Crippen molar-refractivity contribution < 1.29 is 9.47 Å². The van der Waals surface area contributed by atoms with Gasteiger partial charge in [-0.05, 0) is 13.8 Å². The maximum Gasteiger partial charge on any atom is 0.0889 e. The summed E-state index contributed by atoms with van der Waals surface area (Å²) in [4.78, 5) is 0. The minimum atomic E-state index is -0.123. The summed E-state index contributed by atoms with van der Waals surface area (Å²) in [7, 11) is 0. The van der Waals surface area contributed by atoms with Crippen LogP contribution in [0.25, 0.3) is 0 Å². The van der Waals surface area contributed by atoms with E-state index in [4.69, 9.17) is 15.3 Å². The van der Waals surface area contributed by atoms with Gasteiger partial charge in [0.1, 0.15) is 0 Å². The fourth-order valence-electron chi connectivity index (χ4n) is 1.86. The van der Waals surface area contributed by atoms with Gasteiger partial charge in [-0.25, -0.2) is 0 Å². The third-order valence-corrected chi connectivity index (χ3v) is 2.81. The van der Waals surface area contributed by atoms with E-state index in [2.05, 4.69) is 12.3 Å². The molecule has 13 heavy (non-hydrogen) atoms. The van der Waals surface area contributed by atoms with Crippen LogP contribution in [0.5, 0.6) is 0 Å². The molecule has 0 aromatic rings. The molecule has 1 unspecified atom stereocenters. The summed E-state index contributed by atoms with van der Waals surface area (Å²) in [5.74, 6) is 5.45. The Bertz CT molecular complexity index is 141. The average molecular weight is 188 g/mol.